The van der Waals surface area contributed by atoms with E-state index >= 15 is 0 Å². The molecule has 0 aliphatic carbocycles. The second-order valence-electron chi connectivity index (χ2n) is 7.55. The number of rotatable bonds is 4. The SMILES string of the molecule is Cc1ccc2[nH]cc(C(O)(CF)c3ccc4c(cnn4-c4ccc(F)cc4)c3)c2c1. The molecule has 2 aromatic heterocycles. The third-order valence-corrected chi connectivity index (χ3v) is 5.59. The summed E-state index contributed by atoms with van der Waals surface area (Å²) in [7, 11) is 0. The molecule has 30 heavy (non-hydrogen) atoms. The summed E-state index contributed by atoms with van der Waals surface area (Å²) < 4.78 is 29.2. The van der Waals surface area contributed by atoms with Gasteiger partial charge in [0.15, 0.2) is 0 Å². The highest BCUT2D eigenvalue weighted by atomic mass is 19.1. The average Bonchev–Trinajstić information content (AvgIpc) is 3.37. The summed E-state index contributed by atoms with van der Waals surface area (Å²) in [6, 6.07) is 17.1. The molecule has 0 bridgehead atoms. The maximum Gasteiger partial charge on any atom is 0.145 e. The van der Waals surface area contributed by atoms with Gasteiger partial charge in [0.1, 0.15) is 18.1 Å². The van der Waals surface area contributed by atoms with Crippen LogP contribution < -0.4 is 0 Å². The minimum absolute atomic E-state index is 0.320. The molecule has 2 heterocycles. The van der Waals surface area contributed by atoms with Gasteiger partial charge in [-0.25, -0.2) is 13.5 Å². The highest BCUT2D eigenvalue weighted by Gasteiger charge is 2.34. The predicted molar refractivity (Wildman–Crippen MR) is 113 cm³/mol. The molecule has 6 heteroatoms. The molecule has 0 aliphatic heterocycles. The Labute approximate surface area is 171 Å². The zero-order valence-corrected chi connectivity index (χ0v) is 16.2. The van der Waals surface area contributed by atoms with Crippen LogP contribution in [0.1, 0.15) is 16.7 Å². The second-order valence-corrected chi connectivity index (χ2v) is 7.55. The largest absolute Gasteiger partial charge is 0.378 e. The molecule has 0 saturated carbocycles. The third kappa shape index (κ3) is 2.80. The maximum absolute atomic E-state index is 14.3. The van der Waals surface area contributed by atoms with Crippen LogP contribution in [0.5, 0.6) is 0 Å². The fourth-order valence-corrected chi connectivity index (χ4v) is 3.96. The number of nitrogens with one attached hydrogen (secondary N) is 1. The van der Waals surface area contributed by atoms with Crippen LogP contribution in [0.2, 0.25) is 0 Å². The number of aromatic amines is 1. The van der Waals surface area contributed by atoms with Crippen LogP contribution in [0, 0.1) is 12.7 Å². The van der Waals surface area contributed by atoms with Crippen molar-refractivity contribution in [2.24, 2.45) is 0 Å². The lowest BCUT2D eigenvalue weighted by molar-refractivity contribution is 0.0534. The summed E-state index contributed by atoms with van der Waals surface area (Å²) in [6.45, 7) is 0.992. The molecule has 3 aromatic carbocycles. The van der Waals surface area contributed by atoms with E-state index in [1.54, 1.807) is 47.4 Å². The highest BCUT2D eigenvalue weighted by Crippen LogP contribution is 2.37. The number of hydrogen-bond acceptors (Lipinski definition) is 2. The van der Waals surface area contributed by atoms with Gasteiger partial charge in [-0.2, -0.15) is 5.10 Å². The van der Waals surface area contributed by atoms with Crippen molar-refractivity contribution in [1.82, 2.24) is 14.8 Å². The number of aryl methyl sites for hydroxylation is 1. The number of aliphatic hydroxyl groups is 1. The van der Waals surface area contributed by atoms with Crippen LogP contribution in [0.3, 0.4) is 0 Å². The van der Waals surface area contributed by atoms with Gasteiger partial charge in [-0.05, 0) is 61.0 Å². The molecule has 0 radical (unpaired) electrons. The van der Waals surface area contributed by atoms with Crippen molar-refractivity contribution in [2.75, 3.05) is 6.67 Å². The molecule has 0 spiro atoms. The van der Waals surface area contributed by atoms with E-state index in [9.17, 15) is 13.9 Å². The molecule has 0 saturated heterocycles. The summed E-state index contributed by atoms with van der Waals surface area (Å²) in [4.78, 5) is 3.12. The molecule has 150 valence electrons. The van der Waals surface area contributed by atoms with Crippen molar-refractivity contribution in [3.63, 3.8) is 0 Å². The maximum atomic E-state index is 14.3. The van der Waals surface area contributed by atoms with Crippen LogP contribution in [-0.4, -0.2) is 26.5 Å². The number of hydrogen-bond donors (Lipinski definition) is 2. The molecule has 0 aliphatic rings. The molecule has 5 aromatic rings. The van der Waals surface area contributed by atoms with Crippen molar-refractivity contribution >= 4 is 21.8 Å². The van der Waals surface area contributed by atoms with E-state index in [1.165, 1.54) is 12.1 Å². The number of nitrogens with zero attached hydrogens (tertiary/aromatic N) is 2. The number of aromatic nitrogens is 3. The van der Waals surface area contributed by atoms with Gasteiger partial charge < -0.3 is 10.1 Å². The fourth-order valence-electron chi connectivity index (χ4n) is 3.96. The van der Waals surface area contributed by atoms with E-state index in [2.05, 4.69) is 10.1 Å². The topological polar surface area (TPSA) is 53.8 Å². The third-order valence-electron chi connectivity index (χ3n) is 5.59. The summed E-state index contributed by atoms with van der Waals surface area (Å²) in [5.74, 6) is -0.320. The van der Waals surface area contributed by atoms with Crippen LogP contribution in [0.4, 0.5) is 8.78 Å². The second kappa shape index (κ2) is 6.78. The van der Waals surface area contributed by atoms with Crippen molar-refractivity contribution in [3.05, 3.63) is 95.6 Å². The normalized spacial score (nSPS) is 13.7. The molecule has 4 nitrogen and oxygen atoms in total. The number of halogens is 2. The Morgan fingerprint density at radius 2 is 1.87 bits per heavy atom. The van der Waals surface area contributed by atoms with E-state index in [0.29, 0.717) is 16.8 Å². The first-order valence-corrected chi connectivity index (χ1v) is 9.60. The highest BCUT2D eigenvalue weighted by molar-refractivity contribution is 5.86. The molecule has 0 fully saturated rings. The molecule has 0 amide bonds. The molecule has 1 atom stereocenters. The van der Waals surface area contributed by atoms with Crippen molar-refractivity contribution in [3.8, 4) is 5.69 Å². The number of fused-ring (bicyclic) bond motifs is 2. The van der Waals surface area contributed by atoms with Crippen molar-refractivity contribution < 1.29 is 13.9 Å². The Kier molecular flexibility index (Phi) is 4.18. The Bertz CT molecular complexity index is 1370. The Hall–Kier alpha value is -3.51. The zero-order chi connectivity index (χ0) is 20.9. The first-order valence-electron chi connectivity index (χ1n) is 9.60. The zero-order valence-electron chi connectivity index (χ0n) is 16.2. The number of H-pyrrole nitrogens is 1. The van der Waals surface area contributed by atoms with Gasteiger partial charge in [-0.1, -0.05) is 17.7 Å². The van der Waals surface area contributed by atoms with Gasteiger partial charge in [-0.15, -0.1) is 0 Å². The first kappa shape index (κ1) is 18.5. The van der Waals surface area contributed by atoms with E-state index in [1.807, 2.05) is 25.1 Å². The van der Waals surface area contributed by atoms with Crippen molar-refractivity contribution in [2.45, 2.75) is 12.5 Å². The van der Waals surface area contributed by atoms with Crippen LogP contribution in [0.25, 0.3) is 27.5 Å². The van der Waals surface area contributed by atoms with Gasteiger partial charge in [0.05, 0.1) is 17.4 Å². The standard InChI is InChI=1S/C24H19F2N3O/c1-15-2-8-22-20(10-15)21(13-27-22)24(30,14-25)17-3-9-23-16(11-17)12-28-29(23)19-6-4-18(26)5-7-19/h2-13,27,30H,14H2,1H3. The molecular weight excluding hydrogens is 384 g/mol. The minimum Gasteiger partial charge on any atom is -0.378 e. The fraction of sp³-hybridized carbons (Fsp3) is 0.125. The van der Waals surface area contributed by atoms with E-state index < -0.39 is 12.3 Å². The molecule has 5 rings (SSSR count). The summed E-state index contributed by atoms with van der Waals surface area (Å²) in [6.07, 6.45) is 3.32. The van der Waals surface area contributed by atoms with Gasteiger partial charge in [-0.3, -0.25) is 0 Å². The Balaban J connectivity index is 1.63. The van der Waals surface area contributed by atoms with Gasteiger partial charge in [0.2, 0.25) is 0 Å². The van der Waals surface area contributed by atoms with E-state index in [-0.39, 0.29) is 5.82 Å². The smallest absolute Gasteiger partial charge is 0.145 e. The first-order chi connectivity index (χ1) is 14.5. The van der Waals surface area contributed by atoms with Gasteiger partial charge >= 0.3 is 0 Å². The van der Waals surface area contributed by atoms with Crippen LogP contribution >= 0.6 is 0 Å². The van der Waals surface area contributed by atoms with Gasteiger partial charge in [0.25, 0.3) is 0 Å². The lowest BCUT2D eigenvalue weighted by Crippen LogP contribution is -2.29. The quantitative estimate of drug-likeness (QED) is 0.436. The lowest BCUT2D eigenvalue weighted by atomic mass is 9.86. The number of alkyl halides is 1. The van der Waals surface area contributed by atoms with E-state index in [0.717, 1.165) is 27.4 Å². The van der Waals surface area contributed by atoms with E-state index in [4.69, 9.17) is 0 Å². The summed E-state index contributed by atoms with van der Waals surface area (Å²) in [5, 5.41) is 17.3. The monoisotopic (exact) mass is 403 g/mol. The predicted octanol–water partition coefficient (Wildman–Crippen LogP) is 5.16. The van der Waals surface area contributed by atoms with Crippen LogP contribution in [0.15, 0.2) is 73.1 Å². The average molecular weight is 403 g/mol. The lowest BCUT2D eigenvalue weighted by Gasteiger charge is -2.25. The Morgan fingerprint density at radius 3 is 2.63 bits per heavy atom. The Morgan fingerprint density at radius 1 is 1.07 bits per heavy atom. The summed E-state index contributed by atoms with van der Waals surface area (Å²) >= 11 is 0. The number of benzene rings is 3. The molecular formula is C24H19F2N3O. The van der Waals surface area contributed by atoms with Crippen molar-refractivity contribution in [1.29, 1.82) is 0 Å². The molecule has 1 unspecified atom stereocenters. The van der Waals surface area contributed by atoms with Crippen LogP contribution in [-0.2, 0) is 5.60 Å². The molecule has 2 N–H and O–H groups in total. The minimum atomic E-state index is -1.79. The van der Waals surface area contributed by atoms with Gasteiger partial charge in [0, 0.05) is 28.0 Å². The summed E-state index contributed by atoms with van der Waals surface area (Å²) in [5.41, 5.74) is 2.51.